The Bertz CT molecular complexity index is 617. The molecule has 1 aromatic rings. The minimum atomic E-state index is -3.15. The van der Waals surface area contributed by atoms with E-state index < -0.39 is 29.9 Å². The number of aldehydes is 1. The van der Waals surface area contributed by atoms with Crippen LogP contribution in [0.15, 0.2) is 24.3 Å². The Labute approximate surface area is 139 Å². The average Bonchev–Trinajstić information content (AvgIpc) is 2.59. The number of alkyl halides is 1. The van der Waals surface area contributed by atoms with Crippen molar-refractivity contribution >= 4 is 18.2 Å². The van der Waals surface area contributed by atoms with Gasteiger partial charge >= 0.3 is 17.6 Å². The Hall–Kier alpha value is -2.75. The largest absolute Gasteiger partial charge is 0.463 e. The van der Waals surface area contributed by atoms with Crippen LogP contribution in [0.4, 0.5) is 4.39 Å². The molecule has 0 aromatic heterocycles. The molecule has 0 aliphatic rings. The predicted octanol–water partition coefficient (Wildman–Crippen LogP) is 2.07. The first kappa shape index (κ1) is 19.3. The van der Waals surface area contributed by atoms with Gasteiger partial charge in [-0.3, -0.25) is 0 Å². The Morgan fingerprint density at radius 1 is 1.21 bits per heavy atom. The number of rotatable bonds is 8. The van der Waals surface area contributed by atoms with Crippen LogP contribution in [0.25, 0.3) is 0 Å². The number of carbonyl (C=O) groups is 3. The third-order valence-electron chi connectivity index (χ3n) is 3.40. The van der Waals surface area contributed by atoms with Gasteiger partial charge in [-0.15, -0.1) is 0 Å². The molecule has 7 heteroatoms. The minimum absolute atomic E-state index is 0.134. The van der Waals surface area contributed by atoms with E-state index >= 15 is 4.39 Å². The predicted molar refractivity (Wildman–Crippen MR) is 81.7 cm³/mol. The zero-order valence-electron chi connectivity index (χ0n) is 13.5. The summed E-state index contributed by atoms with van der Waals surface area (Å²) in [5, 5.41) is 8.82. The maximum atomic E-state index is 15.5. The molecule has 0 spiro atoms. The fraction of sp³-hybridized carbons (Fsp3) is 0.412. The van der Waals surface area contributed by atoms with Crippen LogP contribution >= 0.6 is 0 Å². The molecule has 0 aliphatic heterocycles. The molecule has 0 amide bonds. The summed E-state index contributed by atoms with van der Waals surface area (Å²) >= 11 is 0. The summed E-state index contributed by atoms with van der Waals surface area (Å²) < 4.78 is 24.9. The Balaban J connectivity index is 3.40. The van der Waals surface area contributed by atoms with Crippen molar-refractivity contribution in [3.63, 3.8) is 0 Å². The summed E-state index contributed by atoms with van der Waals surface area (Å²) in [7, 11) is 0. The molecule has 0 radical (unpaired) electrons. The van der Waals surface area contributed by atoms with Gasteiger partial charge in [-0.2, -0.15) is 5.26 Å². The van der Waals surface area contributed by atoms with Crippen molar-refractivity contribution in [3.8, 4) is 6.07 Å². The molecule has 1 aromatic carbocycles. The maximum absolute atomic E-state index is 15.5. The lowest BCUT2D eigenvalue weighted by Crippen LogP contribution is -2.50. The lowest BCUT2D eigenvalue weighted by molar-refractivity contribution is -0.176. The molecule has 1 atom stereocenters. The molecule has 0 bridgehead atoms. The molecule has 0 fully saturated rings. The maximum Gasteiger partial charge on any atom is 0.356 e. The number of hydrogen-bond acceptors (Lipinski definition) is 6. The van der Waals surface area contributed by atoms with Crippen molar-refractivity contribution in [2.45, 2.75) is 31.9 Å². The monoisotopic (exact) mass is 335 g/mol. The van der Waals surface area contributed by atoms with Gasteiger partial charge in [-0.1, -0.05) is 12.1 Å². The summed E-state index contributed by atoms with van der Waals surface area (Å²) in [6.07, 6.45) is -0.0182. The molecule has 0 N–H and O–H groups in total. The van der Waals surface area contributed by atoms with Gasteiger partial charge in [0.15, 0.2) is 0 Å². The molecule has 0 unspecified atom stereocenters. The number of carbonyl (C=O) groups excluding carboxylic acids is 3. The Morgan fingerprint density at radius 3 is 2.08 bits per heavy atom. The van der Waals surface area contributed by atoms with Gasteiger partial charge in [0, 0.05) is 12.3 Å². The highest BCUT2D eigenvalue weighted by Gasteiger charge is 2.56. The number of benzene rings is 1. The molecule has 1 rings (SSSR count). The highest BCUT2D eigenvalue weighted by atomic mass is 19.1. The highest BCUT2D eigenvalue weighted by molar-refractivity contribution is 6.05. The standard InChI is InChI=1S/C17H18FNO5/c1-3-23-15(21)17(18,16(22)24-4-2)14(9-10-20)13-7-5-12(11-19)6-8-13/h5-8,10,14H,3-4,9H2,1-2H3/t14-/m0/s1. The Kier molecular flexibility index (Phi) is 7.05. The number of ether oxygens (including phenoxy) is 2. The lowest BCUT2D eigenvalue weighted by atomic mass is 9.81. The minimum Gasteiger partial charge on any atom is -0.463 e. The van der Waals surface area contributed by atoms with Crippen LogP contribution in [0.1, 0.15) is 37.3 Å². The smallest absolute Gasteiger partial charge is 0.356 e. The number of hydrogen-bond donors (Lipinski definition) is 0. The summed E-state index contributed by atoms with van der Waals surface area (Å²) in [5.74, 6) is -4.22. The molecule has 0 heterocycles. The van der Waals surface area contributed by atoms with Crippen molar-refractivity contribution < 1.29 is 28.2 Å². The van der Waals surface area contributed by atoms with E-state index in [2.05, 4.69) is 9.47 Å². The first-order chi connectivity index (χ1) is 11.4. The zero-order valence-corrected chi connectivity index (χ0v) is 13.5. The van der Waals surface area contributed by atoms with Gasteiger partial charge in [0.1, 0.15) is 6.29 Å². The van der Waals surface area contributed by atoms with Crippen LogP contribution in [0, 0.1) is 11.3 Å². The normalized spacial score (nSPS) is 11.9. The second-order valence-electron chi connectivity index (χ2n) is 4.84. The third kappa shape index (κ3) is 3.96. The number of halogens is 1. The summed E-state index contributed by atoms with van der Waals surface area (Å²) in [5.41, 5.74) is -2.62. The first-order valence-electron chi connectivity index (χ1n) is 7.42. The van der Waals surface area contributed by atoms with Gasteiger partial charge < -0.3 is 14.3 Å². The van der Waals surface area contributed by atoms with Gasteiger partial charge in [0.2, 0.25) is 0 Å². The van der Waals surface area contributed by atoms with Gasteiger partial charge in [0.05, 0.1) is 24.8 Å². The average molecular weight is 335 g/mol. The van der Waals surface area contributed by atoms with E-state index in [1.54, 1.807) is 0 Å². The fourth-order valence-electron chi connectivity index (χ4n) is 2.25. The van der Waals surface area contributed by atoms with E-state index in [0.717, 1.165) is 0 Å². The van der Waals surface area contributed by atoms with Gasteiger partial charge in [0.25, 0.3) is 0 Å². The fourth-order valence-corrected chi connectivity index (χ4v) is 2.25. The van der Waals surface area contributed by atoms with Crippen molar-refractivity contribution in [1.29, 1.82) is 5.26 Å². The van der Waals surface area contributed by atoms with Crippen LogP contribution in [0.3, 0.4) is 0 Å². The number of esters is 2. The summed E-state index contributed by atoms with van der Waals surface area (Å²) in [6, 6.07) is 7.49. The highest BCUT2D eigenvalue weighted by Crippen LogP contribution is 2.37. The summed E-state index contributed by atoms with van der Waals surface area (Å²) in [4.78, 5) is 35.3. The molecular weight excluding hydrogens is 317 g/mol. The van der Waals surface area contributed by atoms with Crippen LogP contribution in [-0.2, 0) is 23.9 Å². The van der Waals surface area contributed by atoms with Crippen molar-refractivity contribution in [3.05, 3.63) is 35.4 Å². The van der Waals surface area contributed by atoms with Crippen molar-refractivity contribution in [2.24, 2.45) is 0 Å². The topological polar surface area (TPSA) is 93.5 Å². The van der Waals surface area contributed by atoms with E-state index in [1.165, 1.54) is 38.1 Å². The first-order valence-corrected chi connectivity index (χ1v) is 7.42. The van der Waals surface area contributed by atoms with Crippen LogP contribution in [0.5, 0.6) is 0 Å². The second-order valence-corrected chi connectivity index (χ2v) is 4.84. The van der Waals surface area contributed by atoms with Gasteiger partial charge in [-0.05, 0) is 31.5 Å². The lowest BCUT2D eigenvalue weighted by Gasteiger charge is -2.29. The molecule has 0 saturated carbocycles. The molecule has 128 valence electrons. The van der Waals surface area contributed by atoms with Gasteiger partial charge in [-0.25, -0.2) is 14.0 Å². The third-order valence-corrected chi connectivity index (χ3v) is 3.40. The molecular formula is C17H18FNO5. The SMILES string of the molecule is CCOC(=O)C(F)(C(=O)OCC)[C@@H](CC=O)c1ccc(C#N)cc1. The van der Waals surface area contributed by atoms with E-state index in [0.29, 0.717) is 11.8 Å². The second kappa shape index (κ2) is 8.77. The van der Waals surface area contributed by atoms with E-state index in [1.807, 2.05) is 6.07 Å². The van der Waals surface area contributed by atoms with Crippen LogP contribution in [-0.4, -0.2) is 37.1 Å². The quantitative estimate of drug-likeness (QED) is 0.410. The number of nitrogens with zero attached hydrogens (tertiary/aromatic N) is 1. The van der Waals surface area contributed by atoms with E-state index in [9.17, 15) is 14.4 Å². The van der Waals surface area contributed by atoms with Crippen LogP contribution < -0.4 is 0 Å². The molecule has 6 nitrogen and oxygen atoms in total. The van der Waals surface area contributed by atoms with Crippen molar-refractivity contribution in [2.75, 3.05) is 13.2 Å². The molecule has 0 aliphatic carbocycles. The molecule has 0 saturated heterocycles. The van der Waals surface area contributed by atoms with Crippen LogP contribution in [0.2, 0.25) is 0 Å². The zero-order chi connectivity index (χ0) is 18.2. The van der Waals surface area contributed by atoms with E-state index in [4.69, 9.17) is 5.26 Å². The summed E-state index contributed by atoms with van der Waals surface area (Å²) in [6.45, 7) is 2.68. The number of nitriles is 1. The van der Waals surface area contributed by atoms with Crippen molar-refractivity contribution in [1.82, 2.24) is 0 Å². The molecule has 24 heavy (non-hydrogen) atoms. The Morgan fingerprint density at radius 2 is 1.71 bits per heavy atom. The van der Waals surface area contributed by atoms with E-state index in [-0.39, 0.29) is 18.8 Å².